The molecule has 0 radical (unpaired) electrons. The van der Waals surface area contributed by atoms with Crippen LogP contribution in [0.5, 0.6) is 0 Å². The molecule has 140 valence electrons. The van der Waals surface area contributed by atoms with Gasteiger partial charge in [0, 0.05) is 12.1 Å². The Labute approximate surface area is 164 Å². The molecule has 2 heterocycles. The van der Waals surface area contributed by atoms with Crippen molar-refractivity contribution in [3.8, 4) is 11.4 Å². The van der Waals surface area contributed by atoms with Gasteiger partial charge in [-0.2, -0.15) is 4.80 Å². The minimum Gasteiger partial charge on any atom is -0.316 e. The lowest BCUT2D eigenvalue weighted by molar-refractivity contribution is 0.261. The van der Waals surface area contributed by atoms with Crippen LogP contribution in [0.2, 0.25) is 0 Å². The van der Waals surface area contributed by atoms with Gasteiger partial charge in [-0.15, -0.1) is 10.2 Å². The van der Waals surface area contributed by atoms with E-state index >= 15 is 0 Å². The van der Waals surface area contributed by atoms with Gasteiger partial charge in [-0.05, 0) is 52.9 Å². The molecule has 1 unspecified atom stereocenters. The number of hydrogen-bond acceptors (Lipinski definition) is 4. The molecule has 1 aliphatic heterocycles. The number of aromatic nitrogens is 4. The first-order valence-corrected chi connectivity index (χ1v) is 9.93. The van der Waals surface area contributed by atoms with Crippen molar-refractivity contribution in [2.24, 2.45) is 5.92 Å². The SMILES string of the molecule is c1ccc(-c2nnn(C(c3ccc4ccccc4c3)[C@@H]3CCCNC3)n2)cc1. The van der Waals surface area contributed by atoms with E-state index in [2.05, 4.69) is 58.1 Å². The molecule has 1 N–H and O–H groups in total. The van der Waals surface area contributed by atoms with Crippen molar-refractivity contribution in [3.05, 3.63) is 78.4 Å². The molecule has 1 fully saturated rings. The van der Waals surface area contributed by atoms with Gasteiger partial charge < -0.3 is 5.32 Å². The van der Waals surface area contributed by atoms with Gasteiger partial charge in [0.15, 0.2) is 0 Å². The van der Waals surface area contributed by atoms with E-state index in [1.54, 1.807) is 0 Å². The molecule has 1 saturated heterocycles. The molecule has 0 aliphatic carbocycles. The standard InChI is InChI=1S/C23H23N5/c1-2-8-18(9-3-1)23-25-27-28(26-23)22(21-11-6-14-24-16-21)20-13-12-17-7-4-5-10-19(17)15-20/h1-5,7-10,12-13,15,21-22,24H,6,11,14,16H2/t21-,22?/m1/s1. The number of fused-ring (bicyclic) bond motifs is 1. The van der Waals surface area contributed by atoms with E-state index in [9.17, 15) is 0 Å². The Hall–Kier alpha value is -3.05. The average molecular weight is 369 g/mol. The first-order chi connectivity index (χ1) is 13.9. The van der Waals surface area contributed by atoms with Crippen LogP contribution < -0.4 is 5.32 Å². The maximum absolute atomic E-state index is 4.78. The summed E-state index contributed by atoms with van der Waals surface area (Å²) in [6.45, 7) is 2.06. The van der Waals surface area contributed by atoms with Crippen LogP contribution in [0.4, 0.5) is 0 Å². The number of benzene rings is 3. The molecule has 0 saturated carbocycles. The molecule has 1 aromatic heterocycles. The number of nitrogens with zero attached hydrogens (tertiary/aromatic N) is 4. The van der Waals surface area contributed by atoms with Crippen molar-refractivity contribution in [2.45, 2.75) is 18.9 Å². The lowest BCUT2D eigenvalue weighted by Crippen LogP contribution is -2.36. The molecule has 0 spiro atoms. The fourth-order valence-corrected chi connectivity index (χ4v) is 4.18. The Kier molecular flexibility index (Phi) is 4.59. The van der Waals surface area contributed by atoms with E-state index in [-0.39, 0.29) is 6.04 Å². The highest BCUT2D eigenvalue weighted by molar-refractivity contribution is 5.83. The smallest absolute Gasteiger partial charge is 0.204 e. The monoisotopic (exact) mass is 369 g/mol. The summed E-state index contributed by atoms with van der Waals surface area (Å²) in [5, 5.41) is 19.6. The number of piperidine rings is 1. The average Bonchev–Trinajstić information content (AvgIpc) is 3.25. The largest absolute Gasteiger partial charge is 0.316 e. The van der Waals surface area contributed by atoms with Crippen molar-refractivity contribution < 1.29 is 0 Å². The molecule has 5 heteroatoms. The molecular weight excluding hydrogens is 346 g/mol. The third-order valence-corrected chi connectivity index (χ3v) is 5.61. The number of hydrogen-bond donors (Lipinski definition) is 1. The van der Waals surface area contributed by atoms with Crippen molar-refractivity contribution in [1.82, 2.24) is 25.5 Å². The minimum atomic E-state index is 0.0716. The Bertz CT molecular complexity index is 1070. The quantitative estimate of drug-likeness (QED) is 0.589. The fraction of sp³-hybridized carbons (Fsp3) is 0.261. The lowest BCUT2D eigenvalue weighted by Gasteiger charge is -2.30. The van der Waals surface area contributed by atoms with Crippen LogP contribution in [-0.4, -0.2) is 33.3 Å². The molecule has 2 atom stereocenters. The number of nitrogens with one attached hydrogen (secondary N) is 1. The van der Waals surface area contributed by atoms with Gasteiger partial charge in [0.2, 0.25) is 5.82 Å². The third-order valence-electron chi connectivity index (χ3n) is 5.61. The highest BCUT2D eigenvalue weighted by Gasteiger charge is 2.29. The minimum absolute atomic E-state index is 0.0716. The summed E-state index contributed by atoms with van der Waals surface area (Å²) in [7, 11) is 0. The zero-order valence-electron chi connectivity index (χ0n) is 15.7. The second-order valence-electron chi connectivity index (χ2n) is 7.46. The summed E-state index contributed by atoms with van der Waals surface area (Å²) in [4.78, 5) is 1.82. The molecule has 5 rings (SSSR count). The second-order valence-corrected chi connectivity index (χ2v) is 7.46. The highest BCUT2D eigenvalue weighted by atomic mass is 15.6. The lowest BCUT2D eigenvalue weighted by atomic mass is 9.87. The van der Waals surface area contributed by atoms with Gasteiger partial charge >= 0.3 is 0 Å². The molecule has 3 aromatic carbocycles. The second kappa shape index (κ2) is 7.52. The van der Waals surface area contributed by atoms with Crippen molar-refractivity contribution >= 4 is 10.8 Å². The maximum Gasteiger partial charge on any atom is 0.204 e. The first kappa shape index (κ1) is 17.1. The summed E-state index contributed by atoms with van der Waals surface area (Å²) < 4.78 is 0. The topological polar surface area (TPSA) is 55.6 Å². The fourth-order valence-electron chi connectivity index (χ4n) is 4.18. The summed E-state index contributed by atoms with van der Waals surface area (Å²) in [5.41, 5.74) is 2.23. The Balaban J connectivity index is 1.57. The van der Waals surface area contributed by atoms with Gasteiger partial charge in [0.25, 0.3) is 0 Å². The van der Waals surface area contributed by atoms with Crippen LogP contribution >= 0.6 is 0 Å². The van der Waals surface area contributed by atoms with Crippen molar-refractivity contribution in [1.29, 1.82) is 0 Å². The van der Waals surface area contributed by atoms with Crippen molar-refractivity contribution in [3.63, 3.8) is 0 Å². The Morgan fingerprint density at radius 1 is 0.929 bits per heavy atom. The van der Waals surface area contributed by atoms with Crippen LogP contribution in [0.1, 0.15) is 24.4 Å². The first-order valence-electron chi connectivity index (χ1n) is 9.93. The predicted octanol–water partition coefficient (Wildman–Crippen LogP) is 4.08. The third kappa shape index (κ3) is 3.29. The number of tetrazole rings is 1. The van der Waals surface area contributed by atoms with E-state index in [0.717, 1.165) is 25.1 Å². The Morgan fingerprint density at radius 3 is 2.57 bits per heavy atom. The molecule has 4 aromatic rings. The van der Waals surface area contributed by atoms with E-state index in [1.165, 1.54) is 22.8 Å². The molecule has 0 amide bonds. The predicted molar refractivity (Wildman–Crippen MR) is 111 cm³/mol. The van der Waals surface area contributed by atoms with Crippen LogP contribution in [-0.2, 0) is 0 Å². The zero-order chi connectivity index (χ0) is 18.8. The highest BCUT2D eigenvalue weighted by Crippen LogP contribution is 2.32. The zero-order valence-corrected chi connectivity index (χ0v) is 15.7. The summed E-state index contributed by atoms with van der Waals surface area (Å²) in [6, 6.07) is 25.3. The Morgan fingerprint density at radius 2 is 1.75 bits per heavy atom. The molecular formula is C23H23N5. The van der Waals surface area contributed by atoms with Gasteiger partial charge in [-0.25, -0.2) is 0 Å². The van der Waals surface area contributed by atoms with Gasteiger partial charge in [0.1, 0.15) is 6.04 Å². The summed E-state index contributed by atoms with van der Waals surface area (Å²) >= 11 is 0. The van der Waals surface area contributed by atoms with Crippen LogP contribution in [0.15, 0.2) is 72.8 Å². The van der Waals surface area contributed by atoms with E-state index in [0.29, 0.717) is 11.7 Å². The normalized spacial score (nSPS) is 18.2. The molecule has 1 aliphatic rings. The molecule has 5 nitrogen and oxygen atoms in total. The van der Waals surface area contributed by atoms with Crippen molar-refractivity contribution in [2.75, 3.05) is 13.1 Å². The van der Waals surface area contributed by atoms with Crippen LogP contribution in [0.25, 0.3) is 22.2 Å². The molecule has 28 heavy (non-hydrogen) atoms. The summed E-state index contributed by atoms with van der Waals surface area (Å²) in [6.07, 6.45) is 2.34. The van der Waals surface area contributed by atoms with Crippen LogP contribution in [0.3, 0.4) is 0 Å². The van der Waals surface area contributed by atoms with Gasteiger partial charge in [-0.1, -0.05) is 66.7 Å². The maximum atomic E-state index is 4.78. The van der Waals surface area contributed by atoms with Gasteiger partial charge in [0.05, 0.1) is 0 Å². The number of rotatable bonds is 4. The summed E-state index contributed by atoms with van der Waals surface area (Å²) in [5.74, 6) is 1.11. The van der Waals surface area contributed by atoms with E-state index in [1.807, 2.05) is 35.1 Å². The van der Waals surface area contributed by atoms with E-state index in [4.69, 9.17) is 5.10 Å². The van der Waals surface area contributed by atoms with Gasteiger partial charge in [-0.3, -0.25) is 0 Å². The van der Waals surface area contributed by atoms with Crippen LogP contribution in [0, 0.1) is 5.92 Å². The molecule has 0 bridgehead atoms. The van der Waals surface area contributed by atoms with E-state index < -0.39 is 0 Å².